The molecule has 0 bridgehead atoms. The smallest absolute Gasteiger partial charge is 0.348 e. The third-order valence-corrected chi connectivity index (χ3v) is 4.16. The van der Waals surface area contributed by atoms with Crippen molar-refractivity contribution in [3.8, 4) is 0 Å². The highest BCUT2D eigenvalue weighted by atomic mass is 32.1. The molecule has 2 rings (SSSR count). The number of aromatic nitrogens is 1. The van der Waals surface area contributed by atoms with Gasteiger partial charge >= 0.3 is 6.18 Å². The second kappa shape index (κ2) is 5.44. The van der Waals surface area contributed by atoms with Crippen LogP contribution < -0.4 is 10.6 Å². The molecule has 1 fully saturated rings. The number of halogens is 3. The highest BCUT2D eigenvalue weighted by Gasteiger charge is 2.37. The van der Waals surface area contributed by atoms with Gasteiger partial charge in [-0.05, 0) is 12.8 Å². The van der Waals surface area contributed by atoms with Crippen molar-refractivity contribution in [2.45, 2.75) is 38.4 Å². The molecule has 2 N–H and O–H groups in total. The molecule has 0 saturated carbocycles. The number of rotatable bonds is 2. The van der Waals surface area contributed by atoms with Gasteiger partial charge in [0.25, 0.3) is 0 Å². The molecule has 1 aromatic heterocycles. The van der Waals surface area contributed by atoms with Gasteiger partial charge in [0.15, 0.2) is 10.8 Å². The minimum Gasteiger partial charge on any atom is -0.348 e. The van der Waals surface area contributed by atoms with Crippen molar-refractivity contribution >= 4 is 16.5 Å². The van der Waals surface area contributed by atoms with E-state index in [9.17, 15) is 13.2 Å². The number of hydrogen-bond acceptors (Lipinski definition) is 4. The highest BCUT2D eigenvalue weighted by molar-refractivity contribution is 7.15. The summed E-state index contributed by atoms with van der Waals surface area (Å²) in [4.78, 5) is 5.83. The zero-order valence-corrected chi connectivity index (χ0v) is 10.8. The molecule has 1 aliphatic heterocycles. The maximum Gasteiger partial charge on any atom is 0.434 e. The molecule has 2 heterocycles. The lowest BCUT2D eigenvalue weighted by molar-refractivity contribution is -0.141. The van der Waals surface area contributed by atoms with Crippen LogP contribution in [-0.2, 0) is 12.7 Å². The summed E-state index contributed by atoms with van der Waals surface area (Å²) in [6, 6.07) is 0. The van der Waals surface area contributed by atoms with E-state index in [0.717, 1.165) is 50.1 Å². The third-order valence-electron chi connectivity index (χ3n) is 3.02. The molecule has 1 aromatic rings. The molecule has 0 amide bonds. The Morgan fingerprint density at radius 2 is 1.78 bits per heavy atom. The lowest BCUT2D eigenvalue weighted by Crippen LogP contribution is -2.23. The topological polar surface area (TPSA) is 42.1 Å². The van der Waals surface area contributed by atoms with Crippen LogP contribution in [0, 0.1) is 0 Å². The van der Waals surface area contributed by atoms with E-state index in [1.165, 1.54) is 0 Å². The minimum atomic E-state index is -4.41. The number of hydrogen-bond donors (Lipinski definition) is 1. The molecule has 0 spiro atoms. The average Bonchev–Trinajstić information content (AvgIpc) is 2.57. The molecular weight excluding hydrogens is 263 g/mol. The second-order valence-corrected chi connectivity index (χ2v) is 5.43. The minimum absolute atomic E-state index is 0.111. The number of anilines is 1. The van der Waals surface area contributed by atoms with Gasteiger partial charge in [-0.25, -0.2) is 4.98 Å². The Kier molecular flexibility index (Phi) is 4.11. The molecule has 0 radical (unpaired) electrons. The van der Waals surface area contributed by atoms with Crippen LogP contribution >= 0.6 is 11.3 Å². The first-order chi connectivity index (χ1) is 8.52. The molecule has 102 valence electrons. The van der Waals surface area contributed by atoms with E-state index in [2.05, 4.69) is 4.98 Å². The first-order valence-corrected chi connectivity index (χ1v) is 6.86. The van der Waals surface area contributed by atoms with Gasteiger partial charge in [-0.1, -0.05) is 24.2 Å². The molecule has 1 saturated heterocycles. The Labute approximate surface area is 108 Å². The fraction of sp³-hybridized carbons (Fsp3) is 0.727. The van der Waals surface area contributed by atoms with Crippen molar-refractivity contribution < 1.29 is 13.2 Å². The Morgan fingerprint density at radius 1 is 1.17 bits per heavy atom. The Bertz CT molecular complexity index is 395. The van der Waals surface area contributed by atoms with E-state index in [1.54, 1.807) is 0 Å². The van der Waals surface area contributed by atoms with E-state index in [1.807, 2.05) is 4.90 Å². The molecule has 0 aromatic carbocycles. The second-order valence-electron chi connectivity index (χ2n) is 4.37. The van der Waals surface area contributed by atoms with Crippen LogP contribution in [0.4, 0.5) is 18.3 Å². The Hall–Kier alpha value is -0.820. The van der Waals surface area contributed by atoms with Gasteiger partial charge in [0.2, 0.25) is 0 Å². The summed E-state index contributed by atoms with van der Waals surface area (Å²) >= 11 is 1.07. The van der Waals surface area contributed by atoms with Crippen LogP contribution in [0.2, 0.25) is 0 Å². The normalized spacial score (nSPS) is 17.9. The van der Waals surface area contributed by atoms with Crippen LogP contribution in [0.25, 0.3) is 0 Å². The van der Waals surface area contributed by atoms with E-state index in [-0.39, 0.29) is 11.4 Å². The van der Waals surface area contributed by atoms with Crippen molar-refractivity contribution in [1.82, 2.24) is 4.98 Å². The summed E-state index contributed by atoms with van der Waals surface area (Å²) in [6.07, 6.45) is -0.109. The van der Waals surface area contributed by atoms with Crippen molar-refractivity contribution in [3.63, 3.8) is 0 Å². The van der Waals surface area contributed by atoms with Gasteiger partial charge in [0.05, 0.1) is 4.88 Å². The third kappa shape index (κ3) is 2.95. The van der Waals surface area contributed by atoms with Crippen LogP contribution in [0.3, 0.4) is 0 Å². The fourth-order valence-electron chi connectivity index (χ4n) is 2.10. The molecule has 1 aliphatic rings. The summed E-state index contributed by atoms with van der Waals surface area (Å²) < 4.78 is 38.3. The average molecular weight is 279 g/mol. The van der Waals surface area contributed by atoms with Gasteiger partial charge in [0.1, 0.15) is 0 Å². The first-order valence-electron chi connectivity index (χ1n) is 6.04. The van der Waals surface area contributed by atoms with Crippen molar-refractivity contribution in [2.75, 3.05) is 18.0 Å². The predicted octanol–water partition coefficient (Wildman–Crippen LogP) is 3.00. The van der Waals surface area contributed by atoms with E-state index >= 15 is 0 Å². The summed E-state index contributed by atoms with van der Waals surface area (Å²) in [5, 5.41) is 0.463. The molecular formula is C11H16F3N3S. The number of nitrogens with zero attached hydrogens (tertiary/aromatic N) is 2. The molecule has 18 heavy (non-hydrogen) atoms. The molecule has 3 nitrogen and oxygen atoms in total. The number of nitrogens with two attached hydrogens (primary N) is 1. The van der Waals surface area contributed by atoms with Crippen LogP contribution in [0.15, 0.2) is 0 Å². The molecule has 0 atom stereocenters. The fourth-order valence-corrected chi connectivity index (χ4v) is 3.11. The van der Waals surface area contributed by atoms with Gasteiger partial charge in [-0.3, -0.25) is 0 Å². The quantitative estimate of drug-likeness (QED) is 0.905. The van der Waals surface area contributed by atoms with Crippen molar-refractivity contribution in [2.24, 2.45) is 5.73 Å². The number of alkyl halides is 3. The predicted molar refractivity (Wildman–Crippen MR) is 65.7 cm³/mol. The van der Waals surface area contributed by atoms with Crippen molar-refractivity contribution in [3.05, 3.63) is 10.6 Å². The summed E-state index contributed by atoms with van der Waals surface area (Å²) in [7, 11) is 0. The first kappa shape index (κ1) is 13.6. The SMILES string of the molecule is NCc1sc(N2CCCCCC2)nc1C(F)(F)F. The monoisotopic (exact) mass is 279 g/mol. The van der Waals surface area contributed by atoms with Gasteiger partial charge < -0.3 is 10.6 Å². The van der Waals surface area contributed by atoms with E-state index in [4.69, 9.17) is 5.73 Å². The summed E-state index contributed by atoms with van der Waals surface area (Å²) in [6.45, 7) is 1.46. The van der Waals surface area contributed by atoms with Gasteiger partial charge in [-0.2, -0.15) is 13.2 Å². The Morgan fingerprint density at radius 3 is 2.22 bits per heavy atom. The molecule has 0 unspecified atom stereocenters. The lowest BCUT2D eigenvalue weighted by atomic mass is 10.2. The molecule has 0 aliphatic carbocycles. The highest BCUT2D eigenvalue weighted by Crippen LogP contribution is 2.37. The number of thiazole rings is 1. The zero-order chi connectivity index (χ0) is 13.2. The maximum atomic E-state index is 12.8. The van der Waals surface area contributed by atoms with Crippen LogP contribution in [0.1, 0.15) is 36.3 Å². The summed E-state index contributed by atoms with van der Waals surface area (Å²) in [5.74, 6) is 0. The standard InChI is InChI=1S/C11H16F3N3S/c12-11(13,14)9-8(7-15)18-10(16-9)17-5-3-1-2-4-6-17/h1-7,15H2. The van der Waals surface area contributed by atoms with Gasteiger partial charge in [-0.15, -0.1) is 0 Å². The lowest BCUT2D eigenvalue weighted by Gasteiger charge is -2.18. The molecule has 7 heteroatoms. The van der Waals surface area contributed by atoms with Crippen LogP contribution in [0.5, 0.6) is 0 Å². The summed E-state index contributed by atoms with van der Waals surface area (Å²) in [5.41, 5.74) is 4.56. The zero-order valence-electron chi connectivity index (χ0n) is 9.96. The van der Waals surface area contributed by atoms with E-state index in [0.29, 0.717) is 5.13 Å². The Balaban J connectivity index is 2.25. The van der Waals surface area contributed by atoms with E-state index < -0.39 is 11.9 Å². The maximum absolute atomic E-state index is 12.8. The van der Waals surface area contributed by atoms with Crippen molar-refractivity contribution in [1.29, 1.82) is 0 Å². The van der Waals surface area contributed by atoms with Crippen LogP contribution in [-0.4, -0.2) is 18.1 Å². The van der Waals surface area contributed by atoms with Gasteiger partial charge in [0, 0.05) is 19.6 Å². The largest absolute Gasteiger partial charge is 0.434 e.